The Labute approximate surface area is 125 Å². The van der Waals surface area contributed by atoms with E-state index in [9.17, 15) is 0 Å². The quantitative estimate of drug-likeness (QED) is 0.930. The van der Waals surface area contributed by atoms with Gasteiger partial charge < -0.3 is 10.5 Å². The van der Waals surface area contributed by atoms with Gasteiger partial charge >= 0.3 is 0 Å². The molecule has 3 atom stereocenters. The average Bonchev–Trinajstić information content (AvgIpc) is 2.94. The highest BCUT2D eigenvalue weighted by Gasteiger charge is 2.42. The van der Waals surface area contributed by atoms with Crippen LogP contribution in [0.4, 0.5) is 0 Å². The first-order valence-electron chi connectivity index (χ1n) is 7.64. The van der Waals surface area contributed by atoms with Crippen LogP contribution in [-0.4, -0.2) is 28.7 Å². The van der Waals surface area contributed by atoms with E-state index in [0.717, 1.165) is 31.6 Å². The smallest absolute Gasteiger partial charge is 0.0783 e. The van der Waals surface area contributed by atoms with E-state index >= 15 is 0 Å². The molecule has 1 spiro atoms. The fraction of sp³-hybridized carbons (Fsp3) is 0.688. The molecule has 0 bridgehead atoms. The van der Waals surface area contributed by atoms with Crippen LogP contribution in [0.15, 0.2) is 18.5 Å². The van der Waals surface area contributed by atoms with Gasteiger partial charge in [0.2, 0.25) is 0 Å². The Bertz CT molecular complexity index is 460. The topological polar surface area (TPSA) is 48.1 Å². The molecule has 2 fully saturated rings. The standard InChI is InChI=1S/C16H24N2OS/c1-2-12-10-18-6-3-14(12)15(17)13-4-7-19-16(9-13)5-8-20-11-16/h3,6,10,13,15H,2,4-5,7-9,11,17H2,1H3. The normalized spacial score (nSPS) is 31.6. The van der Waals surface area contributed by atoms with Crippen LogP contribution in [0.3, 0.4) is 0 Å². The van der Waals surface area contributed by atoms with Crippen molar-refractivity contribution in [3.8, 4) is 0 Å². The molecule has 3 nitrogen and oxygen atoms in total. The number of hydrogen-bond acceptors (Lipinski definition) is 4. The lowest BCUT2D eigenvalue weighted by atomic mass is 9.78. The van der Waals surface area contributed by atoms with Crippen LogP contribution < -0.4 is 5.73 Å². The first kappa shape index (κ1) is 14.4. The molecule has 0 radical (unpaired) electrons. The molecule has 2 aliphatic rings. The lowest BCUT2D eigenvalue weighted by Gasteiger charge is -2.40. The monoisotopic (exact) mass is 292 g/mol. The van der Waals surface area contributed by atoms with Crippen molar-refractivity contribution in [2.75, 3.05) is 18.1 Å². The highest BCUT2D eigenvalue weighted by Crippen LogP contribution is 2.43. The summed E-state index contributed by atoms with van der Waals surface area (Å²) in [5.41, 5.74) is 9.30. The second-order valence-electron chi connectivity index (χ2n) is 6.04. The van der Waals surface area contributed by atoms with E-state index in [2.05, 4.69) is 18.0 Å². The summed E-state index contributed by atoms with van der Waals surface area (Å²) in [5, 5.41) is 0. The largest absolute Gasteiger partial charge is 0.374 e. The number of hydrogen-bond donors (Lipinski definition) is 1. The summed E-state index contributed by atoms with van der Waals surface area (Å²) in [5.74, 6) is 2.92. The molecule has 3 rings (SSSR count). The van der Waals surface area contributed by atoms with Gasteiger partial charge in [0.1, 0.15) is 0 Å². The maximum atomic E-state index is 6.61. The maximum absolute atomic E-state index is 6.61. The third-order valence-corrected chi connectivity index (χ3v) is 6.01. The Morgan fingerprint density at radius 1 is 1.60 bits per heavy atom. The summed E-state index contributed by atoms with van der Waals surface area (Å²) in [7, 11) is 0. The first-order chi connectivity index (χ1) is 9.74. The van der Waals surface area contributed by atoms with Crippen LogP contribution >= 0.6 is 11.8 Å². The van der Waals surface area contributed by atoms with Crippen LogP contribution in [0.1, 0.15) is 43.4 Å². The number of aryl methyl sites for hydroxylation is 1. The molecular weight excluding hydrogens is 268 g/mol. The predicted octanol–water partition coefficient (Wildman–Crippen LogP) is 2.95. The maximum Gasteiger partial charge on any atom is 0.0783 e. The van der Waals surface area contributed by atoms with Crippen molar-refractivity contribution < 1.29 is 4.74 Å². The SMILES string of the molecule is CCc1cnccc1C(N)C1CCOC2(CCSC2)C1. The van der Waals surface area contributed by atoms with Gasteiger partial charge in [-0.05, 0) is 54.5 Å². The minimum Gasteiger partial charge on any atom is -0.374 e. The van der Waals surface area contributed by atoms with Gasteiger partial charge in [-0.1, -0.05) is 6.92 Å². The molecule has 20 heavy (non-hydrogen) atoms. The third-order valence-electron chi connectivity index (χ3n) is 4.79. The molecule has 0 aromatic carbocycles. The summed E-state index contributed by atoms with van der Waals surface area (Å²) < 4.78 is 6.11. The Kier molecular flexibility index (Phi) is 4.34. The first-order valence-corrected chi connectivity index (χ1v) is 8.80. The van der Waals surface area contributed by atoms with Gasteiger partial charge in [-0.3, -0.25) is 4.98 Å². The van der Waals surface area contributed by atoms with Gasteiger partial charge in [-0.2, -0.15) is 11.8 Å². The molecule has 4 heteroatoms. The van der Waals surface area contributed by atoms with E-state index in [1.54, 1.807) is 0 Å². The van der Waals surface area contributed by atoms with E-state index in [1.165, 1.54) is 23.3 Å². The molecule has 2 aliphatic heterocycles. The number of aromatic nitrogens is 1. The zero-order valence-electron chi connectivity index (χ0n) is 12.2. The summed E-state index contributed by atoms with van der Waals surface area (Å²) >= 11 is 2.02. The number of thioether (sulfide) groups is 1. The average molecular weight is 292 g/mol. The van der Waals surface area contributed by atoms with Gasteiger partial charge in [0.25, 0.3) is 0 Å². The number of rotatable bonds is 3. The highest BCUT2D eigenvalue weighted by atomic mass is 32.2. The van der Waals surface area contributed by atoms with Crippen molar-refractivity contribution in [1.29, 1.82) is 0 Å². The number of pyridine rings is 1. The molecule has 0 amide bonds. The molecule has 2 N–H and O–H groups in total. The lowest BCUT2D eigenvalue weighted by molar-refractivity contribution is -0.0834. The summed E-state index contributed by atoms with van der Waals surface area (Å²) in [6, 6.07) is 2.23. The zero-order valence-corrected chi connectivity index (χ0v) is 13.0. The van der Waals surface area contributed by atoms with Crippen LogP contribution in [-0.2, 0) is 11.2 Å². The molecule has 1 aromatic heterocycles. The van der Waals surface area contributed by atoms with Crippen LogP contribution in [0.5, 0.6) is 0 Å². The minimum absolute atomic E-state index is 0.116. The van der Waals surface area contributed by atoms with Crippen LogP contribution in [0.25, 0.3) is 0 Å². The molecule has 3 heterocycles. The van der Waals surface area contributed by atoms with Crippen molar-refractivity contribution in [3.63, 3.8) is 0 Å². The molecular formula is C16H24N2OS. The summed E-state index contributed by atoms with van der Waals surface area (Å²) in [6.45, 7) is 3.04. The van der Waals surface area contributed by atoms with Crippen molar-refractivity contribution in [2.45, 2.75) is 44.2 Å². The minimum atomic E-state index is 0.116. The number of nitrogens with zero attached hydrogens (tertiary/aromatic N) is 1. The molecule has 0 saturated carbocycles. The predicted molar refractivity (Wildman–Crippen MR) is 83.9 cm³/mol. The zero-order chi connectivity index (χ0) is 14.0. The molecule has 2 saturated heterocycles. The third kappa shape index (κ3) is 2.74. The Morgan fingerprint density at radius 2 is 2.50 bits per heavy atom. The van der Waals surface area contributed by atoms with Crippen molar-refractivity contribution in [3.05, 3.63) is 29.6 Å². The number of ether oxygens (including phenoxy) is 1. The van der Waals surface area contributed by atoms with E-state index < -0.39 is 0 Å². The van der Waals surface area contributed by atoms with Gasteiger partial charge in [0.05, 0.1) is 5.60 Å². The van der Waals surface area contributed by atoms with Crippen molar-refractivity contribution in [2.24, 2.45) is 11.7 Å². The second kappa shape index (κ2) is 6.04. The van der Waals surface area contributed by atoms with Crippen molar-refractivity contribution >= 4 is 11.8 Å². The fourth-order valence-electron chi connectivity index (χ4n) is 3.55. The molecule has 3 unspecified atom stereocenters. The van der Waals surface area contributed by atoms with Gasteiger partial charge in [0.15, 0.2) is 0 Å². The number of nitrogens with two attached hydrogens (primary N) is 1. The van der Waals surface area contributed by atoms with Gasteiger partial charge in [-0.25, -0.2) is 0 Å². The van der Waals surface area contributed by atoms with Crippen LogP contribution in [0, 0.1) is 5.92 Å². The van der Waals surface area contributed by atoms with Gasteiger partial charge in [0, 0.05) is 30.8 Å². The Hall–Kier alpha value is -0.580. The molecule has 0 aliphatic carbocycles. The Balaban J connectivity index is 1.77. The van der Waals surface area contributed by atoms with E-state index in [-0.39, 0.29) is 11.6 Å². The summed E-state index contributed by atoms with van der Waals surface area (Å²) in [4.78, 5) is 4.23. The highest BCUT2D eigenvalue weighted by molar-refractivity contribution is 7.99. The fourth-order valence-corrected chi connectivity index (χ4v) is 4.93. The van der Waals surface area contributed by atoms with E-state index in [0.29, 0.717) is 5.92 Å². The Morgan fingerprint density at radius 3 is 3.25 bits per heavy atom. The summed E-state index contributed by atoms with van der Waals surface area (Å²) in [6.07, 6.45) is 8.23. The van der Waals surface area contributed by atoms with E-state index in [1.807, 2.05) is 24.2 Å². The molecule has 1 aromatic rings. The van der Waals surface area contributed by atoms with Crippen molar-refractivity contribution in [1.82, 2.24) is 4.98 Å². The molecule has 110 valence electrons. The lowest BCUT2D eigenvalue weighted by Crippen LogP contribution is -2.42. The van der Waals surface area contributed by atoms with E-state index in [4.69, 9.17) is 10.5 Å². The second-order valence-corrected chi connectivity index (χ2v) is 7.15. The van der Waals surface area contributed by atoms with Crippen LogP contribution in [0.2, 0.25) is 0 Å². The van der Waals surface area contributed by atoms with Gasteiger partial charge in [-0.15, -0.1) is 0 Å².